The van der Waals surface area contributed by atoms with Gasteiger partial charge in [-0.3, -0.25) is 14.4 Å². The molecule has 39 heavy (non-hydrogen) atoms. The van der Waals surface area contributed by atoms with Crippen molar-refractivity contribution in [3.63, 3.8) is 0 Å². The fourth-order valence-electron chi connectivity index (χ4n) is 4.38. The molecule has 3 amide bonds. The molecule has 0 aromatic heterocycles. The SMILES string of the molecule is CC(C)[C@H](NC(=O)[C@H](Cc1ccc(O)cc1)NC(=O)[C@@H]1CCCN1)C(=O)N[C@@H](Cc1ccc(O)cc1)C(=O)O. The van der Waals surface area contributed by atoms with Gasteiger partial charge < -0.3 is 36.6 Å². The Bertz CT molecular complexity index is 1150. The smallest absolute Gasteiger partial charge is 0.326 e. The molecule has 210 valence electrons. The number of benzene rings is 2. The Balaban J connectivity index is 1.73. The van der Waals surface area contributed by atoms with E-state index in [4.69, 9.17) is 0 Å². The molecule has 7 N–H and O–H groups in total. The molecule has 2 aromatic carbocycles. The number of carbonyl (C=O) groups is 4. The average Bonchev–Trinajstić information content (AvgIpc) is 3.44. The van der Waals surface area contributed by atoms with Crippen molar-refractivity contribution in [2.45, 2.75) is 63.7 Å². The number of aromatic hydroxyl groups is 2. The van der Waals surface area contributed by atoms with E-state index in [9.17, 15) is 34.5 Å². The summed E-state index contributed by atoms with van der Waals surface area (Å²) in [6, 6.07) is 8.48. The van der Waals surface area contributed by atoms with E-state index in [1.54, 1.807) is 38.1 Å². The zero-order valence-corrected chi connectivity index (χ0v) is 22.0. The van der Waals surface area contributed by atoms with Gasteiger partial charge in [0.05, 0.1) is 6.04 Å². The second-order valence-corrected chi connectivity index (χ2v) is 10.1. The van der Waals surface area contributed by atoms with Gasteiger partial charge in [0.25, 0.3) is 0 Å². The van der Waals surface area contributed by atoms with Gasteiger partial charge in [0, 0.05) is 12.8 Å². The topological polar surface area (TPSA) is 177 Å². The van der Waals surface area contributed by atoms with E-state index in [1.165, 1.54) is 24.3 Å². The summed E-state index contributed by atoms with van der Waals surface area (Å²) in [5.41, 5.74) is 1.29. The molecule has 11 nitrogen and oxygen atoms in total. The van der Waals surface area contributed by atoms with E-state index in [0.717, 1.165) is 6.42 Å². The molecule has 1 aliphatic rings. The Morgan fingerprint density at radius 1 is 0.821 bits per heavy atom. The first kappa shape index (κ1) is 29.4. The Kier molecular flexibility index (Phi) is 10.3. The first-order chi connectivity index (χ1) is 18.5. The Morgan fingerprint density at radius 3 is 1.82 bits per heavy atom. The van der Waals surface area contributed by atoms with Crippen LogP contribution in [0.2, 0.25) is 0 Å². The molecule has 0 unspecified atom stereocenters. The number of carboxylic acid groups (broad SMARTS) is 1. The number of carboxylic acids is 1. The van der Waals surface area contributed by atoms with Gasteiger partial charge in [-0.15, -0.1) is 0 Å². The maximum atomic E-state index is 13.4. The Labute approximate surface area is 227 Å². The number of rotatable bonds is 12. The van der Waals surface area contributed by atoms with Crippen LogP contribution in [0.1, 0.15) is 37.8 Å². The van der Waals surface area contributed by atoms with Crippen LogP contribution in [0, 0.1) is 5.92 Å². The van der Waals surface area contributed by atoms with Crippen molar-refractivity contribution in [1.82, 2.24) is 21.3 Å². The van der Waals surface area contributed by atoms with Crippen molar-refractivity contribution in [1.29, 1.82) is 0 Å². The number of nitrogens with one attached hydrogen (secondary N) is 4. The van der Waals surface area contributed by atoms with Gasteiger partial charge in [0.2, 0.25) is 17.7 Å². The third-order valence-electron chi connectivity index (χ3n) is 6.62. The van der Waals surface area contributed by atoms with Crippen LogP contribution < -0.4 is 21.3 Å². The predicted molar refractivity (Wildman–Crippen MR) is 143 cm³/mol. The zero-order valence-electron chi connectivity index (χ0n) is 22.0. The third-order valence-corrected chi connectivity index (χ3v) is 6.62. The number of phenolic OH excluding ortho intramolecular Hbond substituents is 2. The Hall–Kier alpha value is -4.12. The molecule has 4 atom stereocenters. The van der Waals surface area contributed by atoms with Crippen LogP contribution in [0.3, 0.4) is 0 Å². The summed E-state index contributed by atoms with van der Waals surface area (Å²) in [5.74, 6) is -3.11. The minimum Gasteiger partial charge on any atom is -0.508 e. The van der Waals surface area contributed by atoms with Gasteiger partial charge in [-0.25, -0.2) is 4.79 Å². The first-order valence-electron chi connectivity index (χ1n) is 13.0. The molecule has 3 rings (SSSR count). The van der Waals surface area contributed by atoms with Gasteiger partial charge in [-0.05, 0) is 60.7 Å². The predicted octanol–water partition coefficient (Wildman–Crippen LogP) is 0.830. The highest BCUT2D eigenvalue weighted by Gasteiger charge is 2.33. The summed E-state index contributed by atoms with van der Waals surface area (Å²) in [5, 5.41) is 39.8. The van der Waals surface area contributed by atoms with Crippen LogP contribution in [0.4, 0.5) is 0 Å². The Morgan fingerprint density at radius 2 is 1.36 bits per heavy atom. The lowest BCUT2D eigenvalue weighted by atomic mass is 9.99. The second kappa shape index (κ2) is 13.6. The second-order valence-electron chi connectivity index (χ2n) is 10.1. The molecule has 1 fully saturated rings. The van der Waals surface area contributed by atoms with Crippen molar-refractivity contribution in [2.24, 2.45) is 5.92 Å². The molecule has 11 heteroatoms. The van der Waals surface area contributed by atoms with E-state index in [0.29, 0.717) is 24.1 Å². The van der Waals surface area contributed by atoms with Crippen LogP contribution in [0.15, 0.2) is 48.5 Å². The molecular weight excluding hydrogens is 504 g/mol. The fraction of sp³-hybridized carbons (Fsp3) is 0.429. The summed E-state index contributed by atoms with van der Waals surface area (Å²) < 4.78 is 0. The minimum absolute atomic E-state index is 0.0198. The van der Waals surface area contributed by atoms with Crippen LogP contribution in [-0.2, 0) is 32.0 Å². The fourth-order valence-corrected chi connectivity index (χ4v) is 4.38. The lowest BCUT2D eigenvalue weighted by molar-refractivity contribution is -0.142. The summed E-state index contributed by atoms with van der Waals surface area (Å²) in [4.78, 5) is 51.3. The zero-order chi connectivity index (χ0) is 28.5. The van der Waals surface area contributed by atoms with Gasteiger partial charge in [-0.2, -0.15) is 0 Å². The standard InChI is InChI=1S/C28H36N4O7/c1-16(2)24(27(37)31-23(28(38)39)15-18-7-11-20(34)12-8-18)32-26(36)22(14-17-5-9-19(33)10-6-17)30-25(35)21-4-3-13-29-21/h5-12,16,21-24,29,33-34H,3-4,13-15H2,1-2H3,(H,30,35)(H,31,37)(H,32,36)(H,38,39)/t21-,22-,23-,24-/m0/s1. The number of hydrogen-bond acceptors (Lipinski definition) is 7. The number of amides is 3. The van der Waals surface area contributed by atoms with Crippen molar-refractivity contribution < 1.29 is 34.5 Å². The molecule has 0 radical (unpaired) electrons. The summed E-state index contributed by atoms with van der Waals surface area (Å²) in [6.45, 7) is 4.14. The highest BCUT2D eigenvalue weighted by Crippen LogP contribution is 2.14. The van der Waals surface area contributed by atoms with Gasteiger partial charge >= 0.3 is 5.97 Å². The van der Waals surface area contributed by atoms with E-state index >= 15 is 0 Å². The van der Waals surface area contributed by atoms with Gasteiger partial charge in [0.1, 0.15) is 29.6 Å². The highest BCUT2D eigenvalue weighted by atomic mass is 16.4. The molecule has 1 saturated heterocycles. The summed E-state index contributed by atoms with van der Waals surface area (Å²) in [7, 11) is 0. The first-order valence-corrected chi connectivity index (χ1v) is 13.0. The lowest BCUT2D eigenvalue weighted by Crippen LogP contribution is -2.59. The van der Waals surface area contributed by atoms with Crippen LogP contribution >= 0.6 is 0 Å². The molecule has 2 aromatic rings. The largest absolute Gasteiger partial charge is 0.508 e. The van der Waals surface area contributed by atoms with Crippen LogP contribution in [-0.4, -0.2) is 69.7 Å². The number of hydrogen-bond donors (Lipinski definition) is 7. The van der Waals surface area contributed by atoms with E-state index < -0.39 is 47.9 Å². The summed E-state index contributed by atoms with van der Waals surface area (Å²) >= 11 is 0. The van der Waals surface area contributed by atoms with Crippen molar-refractivity contribution in [3.05, 3.63) is 59.7 Å². The average molecular weight is 541 g/mol. The molecule has 0 spiro atoms. The molecule has 1 aliphatic heterocycles. The van der Waals surface area contributed by atoms with Crippen molar-refractivity contribution in [2.75, 3.05) is 6.54 Å². The van der Waals surface area contributed by atoms with Gasteiger partial charge in [-0.1, -0.05) is 38.1 Å². The van der Waals surface area contributed by atoms with E-state index in [1.807, 2.05) is 0 Å². The monoisotopic (exact) mass is 540 g/mol. The number of aliphatic carboxylic acids is 1. The highest BCUT2D eigenvalue weighted by molar-refractivity contribution is 5.94. The van der Waals surface area contributed by atoms with Crippen molar-refractivity contribution >= 4 is 23.7 Å². The number of carbonyl (C=O) groups excluding carboxylic acids is 3. The molecule has 1 heterocycles. The van der Waals surface area contributed by atoms with Crippen LogP contribution in [0.25, 0.3) is 0 Å². The summed E-state index contributed by atoms with van der Waals surface area (Å²) in [6.07, 6.45) is 1.59. The van der Waals surface area contributed by atoms with Crippen molar-refractivity contribution in [3.8, 4) is 11.5 Å². The maximum Gasteiger partial charge on any atom is 0.326 e. The molecule has 0 bridgehead atoms. The quantitative estimate of drug-likeness (QED) is 0.207. The molecule has 0 aliphatic carbocycles. The van der Waals surface area contributed by atoms with Crippen LogP contribution in [0.5, 0.6) is 11.5 Å². The van der Waals surface area contributed by atoms with E-state index in [2.05, 4.69) is 21.3 Å². The minimum atomic E-state index is -1.26. The van der Waals surface area contributed by atoms with E-state index in [-0.39, 0.29) is 30.2 Å². The normalized spacial score (nSPS) is 17.2. The number of phenols is 2. The lowest BCUT2D eigenvalue weighted by Gasteiger charge is -2.27. The molecular formula is C28H36N4O7. The maximum absolute atomic E-state index is 13.4. The molecule has 0 saturated carbocycles. The third kappa shape index (κ3) is 8.71. The van der Waals surface area contributed by atoms with Gasteiger partial charge in [0.15, 0.2) is 0 Å².